The smallest absolute Gasteiger partial charge is 0.309 e. The zero-order chi connectivity index (χ0) is 17.4. The zero-order valence-corrected chi connectivity index (χ0v) is 14.6. The van der Waals surface area contributed by atoms with Crippen LogP contribution in [-0.2, 0) is 19.1 Å². The minimum atomic E-state index is -0.142. The van der Waals surface area contributed by atoms with E-state index < -0.39 is 0 Å². The molecule has 132 valence electrons. The average Bonchev–Trinajstić information content (AvgIpc) is 2.58. The van der Waals surface area contributed by atoms with E-state index in [4.69, 9.17) is 9.47 Å². The van der Waals surface area contributed by atoms with Crippen molar-refractivity contribution in [3.63, 3.8) is 0 Å². The Balaban J connectivity index is 1.62. The molecule has 0 saturated carbocycles. The van der Waals surface area contributed by atoms with Crippen LogP contribution in [0.25, 0.3) is 0 Å². The predicted molar refractivity (Wildman–Crippen MR) is 93.1 cm³/mol. The van der Waals surface area contributed by atoms with Gasteiger partial charge in [0.25, 0.3) is 0 Å². The van der Waals surface area contributed by atoms with Gasteiger partial charge in [-0.2, -0.15) is 0 Å². The van der Waals surface area contributed by atoms with Gasteiger partial charge in [-0.1, -0.05) is 38.2 Å². The van der Waals surface area contributed by atoms with Crippen LogP contribution in [0.3, 0.4) is 0 Å². The molecule has 0 saturated heterocycles. The first-order chi connectivity index (χ1) is 11.6. The predicted octanol–water partition coefficient (Wildman–Crippen LogP) is 3.83. The van der Waals surface area contributed by atoms with Crippen LogP contribution < -0.4 is 0 Å². The summed E-state index contributed by atoms with van der Waals surface area (Å²) < 4.78 is 10.6. The number of rotatable bonds is 6. The number of allylic oxidation sites excluding steroid dienone is 4. The van der Waals surface area contributed by atoms with Crippen molar-refractivity contribution in [2.45, 2.75) is 39.5 Å². The lowest BCUT2D eigenvalue weighted by molar-refractivity contribution is -0.150. The van der Waals surface area contributed by atoms with Gasteiger partial charge in [0.2, 0.25) is 0 Å². The molecule has 0 fully saturated rings. The number of hydrogen-bond acceptors (Lipinski definition) is 4. The van der Waals surface area contributed by atoms with Gasteiger partial charge in [-0.3, -0.25) is 9.59 Å². The van der Waals surface area contributed by atoms with E-state index in [0.717, 1.165) is 25.7 Å². The second-order valence-corrected chi connectivity index (χ2v) is 6.78. The van der Waals surface area contributed by atoms with Crippen molar-refractivity contribution in [2.75, 3.05) is 13.2 Å². The van der Waals surface area contributed by atoms with E-state index in [1.54, 1.807) is 12.2 Å². The molecule has 0 heterocycles. The third kappa shape index (κ3) is 5.36. The molecule has 4 atom stereocenters. The molecule has 0 unspecified atom stereocenters. The van der Waals surface area contributed by atoms with Crippen molar-refractivity contribution in [3.8, 4) is 0 Å². The SMILES string of the molecule is C[C@H]1CC=CC[C@@H]1C(=O)OC/C=C/COC(=O)[C@@H]1CC=CC[C@@H]1C. The van der Waals surface area contributed by atoms with Crippen molar-refractivity contribution in [3.05, 3.63) is 36.5 Å². The Morgan fingerprint density at radius 1 is 0.792 bits per heavy atom. The van der Waals surface area contributed by atoms with Gasteiger partial charge in [-0.25, -0.2) is 0 Å². The van der Waals surface area contributed by atoms with Crippen LogP contribution in [0.15, 0.2) is 36.5 Å². The van der Waals surface area contributed by atoms with Crippen LogP contribution in [0.1, 0.15) is 39.5 Å². The molecule has 0 aromatic heterocycles. The summed E-state index contributed by atoms with van der Waals surface area (Å²) in [5.74, 6) is 0.301. The first-order valence-corrected chi connectivity index (χ1v) is 8.88. The molecule has 0 spiro atoms. The van der Waals surface area contributed by atoms with Crippen LogP contribution in [-0.4, -0.2) is 25.2 Å². The van der Waals surface area contributed by atoms with Gasteiger partial charge in [-0.05, 0) is 49.7 Å². The summed E-state index contributed by atoms with van der Waals surface area (Å²) in [6.07, 6.45) is 15.2. The average molecular weight is 332 g/mol. The molecule has 4 heteroatoms. The quantitative estimate of drug-likeness (QED) is 0.548. The lowest BCUT2D eigenvalue weighted by atomic mass is 9.84. The summed E-state index contributed by atoms with van der Waals surface area (Å²) in [6.45, 7) is 4.61. The monoisotopic (exact) mass is 332 g/mol. The highest BCUT2D eigenvalue weighted by Crippen LogP contribution is 2.26. The van der Waals surface area contributed by atoms with Gasteiger partial charge in [0.1, 0.15) is 13.2 Å². The van der Waals surface area contributed by atoms with Crippen LogP contribution in [0, 0.1) is 23.7 Å². The number of carbonyl (C=O) groups excluding carboxylic acids is 2. The standard InChI is InChI=1S/C20H28O4/c1-15-9-3-5-11-17(15)19(21)23-13-7-8-14-24-20(22)18-12-6-4-10-16(18)2/h3-8,15-18H,9-14H2,1-2H3/b8-7+/t15-,16-,17-,18+/m0/s1. The summed E-state index contributed by atoms with van der Waals surface area (Å²) >= 11 is 0. The Kier molecular flexibility index (Phi) is 7.29. The normalized spacial score (nSPS) is 29.6. The van der Waals surface area contributed by atoms with Crippen LogP contribution in [0.4, 0.5) is 0 Å². The summed E-state index contributed by atoms with van der Waals surface area (Å²) in [7, 11) is 0. The Morgan fingerprint density at radius 2 is 1.17 bits per heavy atom. The van der Waals surface area contributed by atoms with E-state index >= 15 is 0 Å². The molecule has 0 radical (unpaired) electrons. The zero-order valence-electron chi connectivity index (χ0n) is 14.6. The van der Waals surface area contributed by atoms with Gasteiger partial charge in [0.05, 0.1) is 11.8 Å². The molecule has 0 aromatic rings. The lowest BCUT2D eigenvalue weighted by Gasteiger charge is -2.23. The Hall–Kier alpha value is -1.84. The number of hydrogen-bond donors (Lipinski definition) is 0. The topological polar surface area (TPSA) is 52.6 Å². The fraction of sp³-hybridized carbons (Fsp3) is 0.600. The largest absolute Gasteiger partial charge is 0.461 e. The van der Waals surface area contributed by atoms with Gasteiger partial charge in [0, 0.05) is 0 Å². The minimum absolute atomic E-state index is 0.0397. The summed E-state index contributed by atoms with van der Waals surface area (Å²) in [5, 5.41) is 0. The maximum atomic E-state index is 12.0. The van der Waals surface area contributed by atoms with Gasteiger partial charge in [0.15, 0.2) is 0 Å². The molecule has 2 aliphatic carbocycles. The molecular weight excluding hydrogens is 304 g/mol. The maximum Gasteiger partial charge on any atom is 0.309 e. The fourth-order valence-corrected chi connectivity index (χ4v) is 3.17. The van der Waals surface area contributed by atoms with E-state index in [1.165, 1.54) is 0 Å². The highest BCUT2D eigenvalue weighted by Gasteiger charge is 2.27. The van der Waals surface area contributed by atoms with Crippen molar-refractivity contribution in [1.82, 2.24) is 0 Å². The van der Waals surface area contributed by atoms with E-state index in [2.05, 4.69) is 26.0 Å². The van der Waals surface area contributed by atoms with Crippen molar-refractivity contribution < 1.29 is 19.1 Å². The van der Waals surface area contributed by atoms with E-state index in [1.807, 2.05) is 12.2 Å². The van der Waals surface area contributed by atoms with Crippen molar-refractivity contribution in [1.29, 1.82) is 0 Å². The molecule has 0 N–H and O–H groups in total. The first-order valence-electron chi connectivity index (χ1n) is 8.88. The lowest BCUT2D eigenvalue weighted by Crippen LogP contribution is -2.25. The number of esters is 2. The van der Waals surface area contributed by atoms with Gasteiger partial charge < -0.3 is 9.47 Å². The highest BCUT2D eigenvalue weighted by molar-refractivity contribution is 5.73. The van der Waals surface area contributed by atoms with Gasteiger partial charge >= 0.3 is 11.9 Å². The molecule has 0 aromatic carbocycles. The summed E-state index contributed by atoms with van der Waals surface area (Å²) in [5.41, 5.74) is 0. The first kappa shape index (κ1) is 18.5. The third-order valence-electron chi connectivity index (χ3n) is 4.92. The number of ether oxygens (including phenoxy) is 2. The Morgan fingerprint density at radius 3 is 1.54 bits per heavy atom. The second-order valence-electron chi connectivity index (χ2n) is 6.78. The van der Waals surface area contributed by atoms with Crippen molar-refractivity contribution in [2.24, 2.45) is 23.7 Å². The highest BCUT2D eigenvalue weighted by atomic mass is 16.5. The molecule has 2 aliphatic rings. The molecule has 0 amide bonds. The maximum absolute atomic E-state index is 12.0. The molecule has 4 nitrogen and oxygen atoms in total. The molecule has 2 rings (SSSR count). The second kappa shape index (κ2) is 9.45. The van der Waals surface area contributed by atoms with Crippen LogP contribution in [0.5, 0.6) is 0 Å². The van der Waals surface area contributed by atoms with E-state index in [-0.39, 0.29) is 37.0 Å². The summed E-state index contributed by atoms with van der Waals surface area (Å²) in [4.78, 5) is 24.0. The van der Waals surface area contributed by atoms with E-state index in [0.29, 0.717) is 11.8 Å². The molecule has 0 bridgehead atoms. The van der Waals surface area contributed by atoms with Crippen LogP contribution >= 0.6 is 0 Å². The Labute approximate surface area is 144 Å². The fourth-order valence-electron chi connectivity index (χ4n) is 3.17. The number of carbonyl (C=O) groups is 2. The Bertz CT molecular complexity index is 472. The molecule has 24 heavy (non-hydrogen) atoms. The third-order valence-corrected chi connectivity index (χ3v) is 4.92. The van der Waals surface area contributed by atoms with Crippen molar-refractivity contribution >= 4 is 11.9 Å². The van der Waals surface area contributed by atoms with Crippen LogP contribution in [0.2, 0.25) is 0 Å². The minimum Gasteiger partial charge on any atom is -0.461 e. The van der Waals surface area contributed by atoms with E-state index in [9.17, 15) is 9.59 Å². The molecule has 0 aliphatic heterocycles. The van der Waals surface area contributed by atoms with Gasteiger partial charge in [-0.15, -0.1) is 0 Å². The molecular formula is C20H28O4. The summed E-state index contributed by atoms with van der Waals surface area (Å²) in [6, 6.07) is 0.